The van der Waals surface area contributed by atoms with Crippen molar-refractivity contribution in [1.82, 2.24) is 0 Å². The molecule has 4 heteroatoms. The van der Waals surface area contributed by atoms with Gasteiger partial charge in [-0.05, 0) is 49.7 Å². The van der Waals surface area contributed by atoms with Gasteiger partial charge in [-0.1, -0.05) is 23.9 Å². The van der Waals surface area contributed by atoms with E-state index in [-0.39, 0.29) is 0 Å². The van der Waals surface area contributed by atoms with Crippen LogP contribution in [0.25, 0.3) is 17.4 Å². The Kier molecular flexibility index (Phi) is 3.69. The van der Waals surface area contributed by atoms with Crippen LogP contribution in [0.15, 0.2) is 62.9 Å². The van der Waals surface area contributed by atoms with Gasteiger partial charge in [0.2, 0.25) is 0 Å². The third kappa shape index (κ3) is 2.53. The fraction of sp³-hybridized carbons (Fsp3) is 0.150. The van der Waals surface area contributed by atoms with Crippen LogP contribution >= 0.6 is 11.8 Å². The average Bonchev–Trinajstić information content (AvgIpc) is 2.91. The van der Waals surface area contributed by atoms with E-state index in [2.05, 4.69) is 55.2 Å². The van der Waals surface area contributed by atoms with Gasteiger partial charge in [0.1, 0.15) is 11.5 Å². The van der Waals surface area contributed by atoms with Crippen molar-refractivity contribution in [2.24, 2.45) is 0 Å². The van der Waals surface area contributed by atoms with Crippen molar-refractivity contribution in [3.8, 4) is 11.3 Å². The van der Waals surface area contributed by atoms with Crippen molar-refractivity contribution in [2.45, 2.75) is 18.7 Å². The number of benzene rings is 2. The Morgan fingerprint density at radius 3 is 2.83 bits per heavy atom. The molecule has 1 aromatic carbocycles. The lowest BCUT2D eigenvalue weighted by Crippen LogP contribution is -2.16. The molecular weight excluding hydrogens is 316 g/mol. The molecule has 1 N–H and O–H groups in total. The number of fused-ring (bicyclic) bond motifs is 2. The third-order valence-corrected chi connectivity index (χ3v) is 5.32. The molecule has 4 rings (SSSR count). The summed E-state index contributed by atoms with van der Waals surface area (Å²) in [4.78, 5) is 3.58. The van der Waals surface area contributed by atoms with E-state index in [1.807, 2.05) is 6.07 Å². The minimum Gasteiger partial charge on any atom is -0.457 e. The zero-order valence-electron chi connectivity index (χ0n) is 13.7. The summed E-state index contributed by atoms with van der Waals surface area (Å²) in [5.74, 6) is 1.58. The van der Waals surface area contributed by atoms with Gasteiger partial charge in [0.05, 0.1) is 16.1 Å². The number of nitrogens with one attached hydrogen (secondary N) is 1. The fourth-order valence-corrected chi connectivity index (χ4v) is 4.23. The zero-order valence-corrected chi connectivity index (χ0v) is 14.5. The van der Waals surface area contributed by atoms with Crippen LogP contribution in [0.2, 0.25) is 0 Å². The number of nitrogens with zero attached hydrogens (tertiary/aromatic N) is 1. The summed E-state index contributed by atoms with van der Waals surface area (Å²) in [6.45, 7) is 5.16. The monoisotopic (exact) mass is 334 g/mol. The molecule has 120 valence electrons. The summed E-state index contributed by atoms with van der Waals surface area (Å²) in [6, 6.07) is 16.0. The van der Waals surface area contributed by atoms with Crippen LogP contribution < -0.4 is 10.3 Å². The maximum absolute atomic E-state index is 7.80. The molecule has 24 heavy (non-hydrogen) atoms. The molecule has 2 heterocycles. The third-order valence-electron chi connectivity index (χ3n) is 4.21. The highest BCUT2D eigenvalue weighted by atomic mass is 32.2. The van der Waals surface area contributed by atoms with Crippen molar-refractivity contribution in [1.29, 1.82) is 5.41 Å². The fourth-order valence-electron chi connectivity index (χ4n) is 3.06. The van der Waals surface area contributed by atoms with Gasteiger partial charge in [-0.25, -0.2) is 0 Å². The van der Waals surface area contributed by atoms with Crippen molar-refractivity contribution < 1.29 is 4.42 Å². The topological polar surface area (TPSA) is 40.2 Å². The molecule has 0 atom stereocenters. The zero-order chi connectivity index (χ0) is 16.7. The quantitative estimate of drug-likeness (QED) is 0.708. The normalized spacial score (nSPS) is 15.2. The van der Waals surface area contributed by atoms with Crippen molar-refractivity contribution in [2.75, 3.05) is 11.4 Å². The van der Waals surface area contributed by atoms with E-state index in [9.17, 15) is 0 Å². The Labute approximate surface area is 145 Å². The summed E-state index contributed by atoms with van der Waals surface area (Å²) >= 11 is 1.77. The van der Waals surface area contributed by atoms with Gasteiger partial charge in [-0.15, -0.1) is 0 Å². The molecule has 0 fully saturated rings. The van der Waals surface area contributed by atoms with Crippen LogP contribution in [0, 0.1) is 12.3 Å². The number of hydrogen-bond donors (Lipinski definition) is 1. The van der Waals surface area contributed by atoms with Crippen LogP contribution in [0.5, 0.6) is 0 Å². The minimum atomic E-state index is 0.466. The lowest BCUT2D eigenvalue weighted by Gasteiger charge is -2.18. The van der Waals surface area contributed by atoms with Gasteiger partial charge in [0.15, 0.2) is 0 Å². The summed E-state index contributed by atoms with van der Waals surface area (Å²) in [6.07, 6.45) is 2.09. The van der Waals surface area contributed by atoms with E-state index in [4.69, 9.17) is 9.83 Å². The van der Waals surface area contributed by atoms with Gasteiger partial charge in [-0.2, -0.15) is 0 Å². The number of aryl methyl sites for hydroxylation is 1. The van der Waals surface area contributed by atoms with Gasteiger partial charge < -0.3 is 14.7 Å². The smallest absolute Gasteiger partial charge is 0.137 e. The predicted octanol–water partition coefficient (Wildman–Crippen LogP) is 5.10. The highest BCUT2D eigenvalue weighted by molar-refractivity contribution is 8.03. The summed E-state index contributed by atoms with van der Waals surface area (Å²) < 4.78 is 6.04. The molecule has 1 aromatic rings. The van der Waals surface area contributed by atoms with Crippen molar-refractivity contribution in [3.05, 3.63) is 70.2 Å². The van der Waals surface area contributed by atoms with E-state index < -0.39 is 0 Å². The molecule has 0 unspecified atom stereocenters. The highest BCUT2D eigenvalue weighted by Gasteiger charge is 2.23. The van der Waals surface area contributed by atoms with Crippen LogP contribution in [-0.4, -0.2) is 6.54 Å². The van der Waals surface area contributed by atoms with Gasteiger partial charge in [0.25, 0.3) is 0 Å². The Hall–Kier alpha value is -2.46. The summed E-state index contributed by atoms with van der Waals surface area (Å²) in [5.41, 5.74) is 3.47. The van der Waals surface area contributed by atoms with Crippen LogP contribution in [0.1, 0.15) is 18.2 Å². The van der Waals surface area contributed by atoms with Gasteiger partial charge >= 0.3 is 0 Å². The molecule has 0 radical (unpaired) electrons. The predicted molar refractivity (Wildman–Crippen MR) is 99.2 cm³/mol. The lowest BCUT2D eigenvalue weighted by atomic mass is 10.0. The molecule has 0 aromatic heterocycles. The van der Waals surface area contributed by atoms with Crippen LogP contribution in [0.3, 0.4) is 0 Å². The molecule has 3 nitrogen and oxygen atoms in total. The first-order valence-electron chi connectivity index (χ1n) is 8.01. The van der Waals surface area contributed by atoms with Gasteiger partial charge in [0, 0.05) is 29.1 Å². The Morgan fingerprint density at radius 2 is 2.00 bits per heavy atom. The summed E-state index contributed by atoms with van der Waals surface area (Å²) in [7, 11) is 0. The second kappa shape index (κ2) is 5.87. The molecule has 1 aliphatic carbocycles. The molecule has 3 aliphatic rings. The van der Waals surface area contributed by atoms with Crippen LogP contribution in [-0.2, 0) is 0 Å². The number of hydrogen-bond acceptors (Lipinski definition) is 4. The Morgan fingerprint density at radius 1 is 1.17 bits per heavy atom. The maximum atomic E-state index is 7.80. The molecule has 0 amide bonds. The Balaban J connectivity index is 1.81. The number of anilines is 1. The second-order valence-electron chi connectivity index (χ2n) is 5.84. The molecule has 0 spiro atoms. The molecule has 0 saturated heterocycles. The van der Waals surface area contributed by atoms with Crippen molar-refractivity contribution >= 4 is 23.5 Å². The van der Waals surface area contributed by atoms with E-state index in [1.54, 1.807) is 23.9 Å². The van der Waals surface area contributed by atoms with E-state index in [0.717, 1.165) is 29.2 Å². The first kappa shape index (κ1) is 15.1. The van der Waals surface area contributed by atoms with E-state index in [1.165, 1.54) is 15.6 Å². The van der Waals surface area contributed by atoms with Crippen LogP contribution in [0.4, 0.5) is 5.69 Å². The second-order valence-corrected chi connectivity index (χ2v) is 6.90. The molecule has 2 aliphatic heterocycles. The summed E-state index contributed by atoms with van der Waals surface area (Å²) in [5, 5.41) is 9.44. The first-order chi connectivity index (χ1) is 11.7. The molecule has 0 bridgehead atoms. The lowest BCUT2D eigenvalue weighted by molar-refractivity contribution is 0.551. The minimum absolute atomic E-state index is 0.466. The number of rotatable bonds is 2. The van der Waals surface area contributed by atoms with Gasteiger partial charge in [-0.3, -0.25) is 0 Å². The molecular formula is C20H18N2OS. The average molecular weight is 334 g/mol. The Bertz CT molecular complexity index is 973. The standard InChI is InChI=1S/C20H18N2OS/c1-3-22-17-6-4-5-7-19(17)24-20(22)12-15-10-13(2)16-9-8-14(21)11-18(16)23-15/h4-12,21H,3H2,1-2H3/b20-12-,21-14?. The molecule has 0 saturated carbocycles. The van der Waals surface area contributed by atoms with E-state index >= 15 is 0 Å². The van der Waals surface area contributed by atoms with E-state index in [0.29, 0.717) is 5.36 Å². The largest absolute Gasteiger partial charge is 0.457 e. The SMILES string of the molecule is CCN1/C(=C/c2cc(C)c3ccc(=N)cc-3o2)Sc2ccccc21. The van der Waals surface area contributed by atoms with Crippen molar-refractivity contribution in [3.63, 3.8) is 0 Å². The maximum Gasteiger partial charge on any atom is 0.137 e. The number of para-hydroxylation sites is 1. The first-order valence-corrected chi connectivity index (χ1v) is 8.82. The highest BCUT2D eigenvalue weighted by Crippen LogP contribution is 2.46. The number of thioether (sulfide) groups is 1.